The third kappa shape index (κ3) is 6.44. The maximum atomic E-state index is 12.3. The molecule has 3 rings (SSSR count). The Morgan fingerprint density at radius 1 is 1.00 bits per heavy atom. The number of carbonyl (C=O) groups excluding carboxylic acids is 1. The quantitative estimate of drug-likeness (QED) is 0.229. The van der Waals surface area contributed by atoms with E-state index < -0.39 is 0 Å². The normalized spacial score (nSPS) is 10.9. The zero-order valence-electron chi connectivity index (χ0n) is 20.4. The minimum Gasteiger partial charge on any atom is -0.493 e. The molecule has 3 aromatic rings. The number of hydrazone groups is 1. The number of ether oxygens (including phenoxy) is 4. The largest absolute Gasteiger partial charge is 0.493 e. The number of aromatic nitrogens is 3. The summed E-state index contributed by atoms with van der Waals surface area (Å²) in [5.41, 5.74) is 4.14. The molecule has 0 radical (unpaired) electrons. The van der Waals surface area contributed by atoms with Gasteiger partial charge in [-0.15, -0.1) is 10.2 Å². The van der Waals surface area contributed by atoms with Crippen LogP contribution in [0.1, 0.15) is 19.4 Å². The van der Waals surface area contributed by atoms with Crippen molar-refractivity contribution in [2.45, 2.75) is 25.5 Å². The number of methoxy groups -OCH3 is 3. The first-order valence-corrected chi connectivity index (χ1v) is 11.9. The summed E-state index contributed by atoms with van der Waals surface area (Å²) in [6.07, 6.45) is 1.55. The van der Waals surface area contributed by atoms with Crippen molar-refractivity contribution in [2.75, 3.05) is 33.7 Å². The Kier molecular flexibility index (Phi) is 9.36. The summed E-state index contributed by atoms with van der Waals surface area (Å²) in [6.45, 7) is 5.08. The topological polar surface area (TPSA) is 109 Å². The van der Waals surface area contributed by atoms with Crippen LogP contribution in [0.5, 0.6) is 23.0 Å². The predicted octanol–water partition coefficient (Wildman–Crippen LogP) is 3.63. The van der Waals surface area contributed by atoms with Crippen LogP contribution in [0.15, 0.2) is 46.7 Å². The molecule has 35 heavy (non-hydrogen) atoms. The highest BCUT2D eigenvalue weighted by Gasteiger charge is 2.16. The number of rotatable bonds is 12. The minimum absolute atomic E-state index is 0.133. The summed E-state index contributed by atoms with van der Waals surface area (Å²) in [6, 6.07) is 11.0. The van der Waals surface area contributed by atoms with E-state index in [1.54, 1.807) is 39.7 Å². The van der Waals surface area contributed by atoms with Crippen LogP contribution in [-0.2, 0) is 11.3 Å². The van der Waals surface area contributed by atoms with Gasteiger partial charge in [0.2, 0.25) is 0 Å². The fourth-order valence-electron chi connectivity index (χ4n) is 3.25. The van der Waals surface area contributed by atoms with Crippen molar-refractivity contribution in [3.8, 4) is 34.4 Å². The Morgan fingerprint density at radius 3 is 2.40 bits per heavy atom. The molecule has 0 aliphatic carbocycles. The van der Waals surface area contributed by atoms with Gasteiger partial charge in [-0.1, -0.05) is 11.8 Å². The average Bonchev–Trinajstić information content (AvgIpc) is 3.30. The maximum Gasteiger partial charge on any atom is 0.250 e. The highest BCUT2D eigenvalue weighted by molar-refractivity contribution is 7.99. The van der Waals surface area contributed by atoms with Gasteiger partial charge in [0.05, 0.1) is 39.9 Å². The van der Waals surface area contributed by atoms with E-state index in [1.807, 2.05) is 42.7 Å². The van der Waals surface area contributed by atoms with Crippen molar-refractivity contribution in [1.29, 1.82) is 0 Å². The van der Waals surface area contributed by atoms with E-state index in [1.165, 1.54) is 11.8 Å². The standard InChI is InChI=1S/C24H29N5O5S/c1-6-29-23(17-9-11-18(31-3)21(13-17)33-5)27-28-24(29)35-15-22(30)26-25-14-16-8-10-19(34-7-2)20(12-16)32-4/h8-14H,6-7,15H2,1-5H3,(H,26,30). The van der Waals surface area contributed by atoms with E-state index in [0.717, 1.165) is 11.1 Å². The van der Waals surface area contributed by atoms with Gasteiger partial charge in [0.15, 0.2) is 34.0 Å². The Hall–Kier alpha value is -3.73. The van der Waals surface area contributed by atoms with E-state index in [4.69, 9.17) is 18.9 Å². The molecule has 2 aromatic carbocycles. The summed E-state index contributed by atoms with van der Waals surface area (Å²) in [5.74, 6) is 3.04. The third-order valence-electron chi connectivity index (χ3n) is 4.90. The Bertz CT molecular complexity index is 1180. The van der Waals surface area contributed by atoms with E-state index in [9.17, 15) is 4.79 Å². The van der Waals surface area contributed by atoms with Crippen molar-refractivity contribution in [2.24, 2.45) is 5.10 Å². The molecule has 0 aliphatic heterocycles. The second-order valence-corrected chi connectivity index (χ2v) is 7.99. The van der Waals surface area contributed by atoms with Crippen LogP contribution in [0, 0.1) is 0 Å². The number of thioether (sulfide) groups is 1. The number of amides is 1. The first kappa shape index (κ1) is 25.9. The van der Waals surface area contributed by atoms with E-state index in [0.29, 0.717) is 47.1 Å². The van der Waals surface area contributed by atoms with Crippen molar-refractivity contribution in [3.63, 3.8) is 0 Å². The van der Waals surface area contributed by atoms with Gasteiger partial charge in [-0.2, -0.15) is 5.10 Å². The monoisotopic (exact) mass is 499 g/mol. The van der Waals surface area contributed by atoms with E-state index in [2.05, 4.69) is 20.7 Å². The summed E-state index contributed by atoms with van der Waals surface area (Å²) >= 11 is 1.28. The van der Waals surface area contributed by atoms with Gasteiger partial charge in [0.25, 0.3) is 5.91 Å². The van der Waals surface area contributed by atoms with Gasteiger partial charge in [-0.25, -0.2) is 5.43 Å². The Labute approximate surface area is 208 Å². The lowest BCUT2D eigenvalue weighted by Crippen LogP contribution is -2.20. The van der Waals surface area contributed by atoms with Crippen LogP contribution in [0.25, 0.3) is 11.4 Å². The van der Waals surface area contributed by atoms with E-state index >= 15 is 0 Å². The summed E-state index contributed by atoms with van der Waals surface area (Å²) in [5, 5.41) is 13.2. The highest BCUT2D eigenvalue weighted by atomic mass is 32.2. The number of hydrogen-bond donors (Lipinski definition) is 1. The van der Waals surface area contributed by atoms with Gasteiger partial charge < -0.3 is 23.5 Å². The highest BCUT2D eigenvalue weighted by Crippen LogP contribution is 2.33. The van der Waals surface area contributed by atoms with Crippen LogP contribution in [0.3, 0.4) is 0 Å². The van der Waals surface area contributed by atoms with Gasteiger partial charge >= 0.3 is 0 Å². The minimum atomic E-state index is -0.262. The van der Waals surface area contributed by atoms with Crippen molar-refractivity contribution >= 4 is 23.9 Å². The summed E-state index contributed by atoms with van der Waals surface area (Å²) in [4.78, 5) is 12.3. The smallest absolute Gasteiger partial charge is 0.250 e. The lowest BCUT2D eigenvalue weighted by atomic mass is 10.2. The average molecular weight is 500 g/mol. The molecular formula is C24H29N5O5S. The number of hydrogen-bond acceptors (Lipinski definition) is 9. The molecule has 0 aliphatic rings. The van der Waals surface area contributed by atoms with Crippen LogP contribution in [-0.4, -0.2) is 60.6 Å². The SMILES string of the molecule is CCOc1ccc(C=NNC(=O)CSc2nnc(-c3ccc(OC)c(OC)c3)n2CC)cc1OC. The predicted molar refractivity (Wildman–Crippen MR) is 135 cm³/mol. The van der Waals surface area contributed by atoms with Gasteiger partial charge in [-0.05, 0) is 55.8 Å². The molecule has 0 saturated heterocycles. The lowest BCUT2D eigenvalue weighted by Gasteiger charge is -2.10. The molecule has 0 spiro atoms. The number of nitrogens with one attached hydrogen (secondary N) is 1. The van der Waals surface area contributed by atoms with E-state index in [-0.39, 0.29) is 11.7 Å². The molecule has 1 aromatic heterocycles. The number of benzene rings is 2. The molecular weight excluding hydrogens is 470 g/mol. The maximum absolute atomic E-state index is 12.3. The molecule has 0 atom stereocenters. The Balaban J connectivity index is 1.62. The molecule has 0 bridgehead atoms. The lowest BCUT2D eigenvalue weighted by molar-refractivity contribution is -0.118. The molecule has 1 N–H and O–H groups in total. The number of carbonyl (C=O) groups is 1. The molecule has 1 amide bonds. The summed E-state index contributed by atoms with van der Waals surface area (Å²) in [7, 11) is 4.75. The van der Waals surface area contributed by atoms with Crippen LogP contribution in [0.4, 0.5) is 0 Å². The second kappa shape index (κ2) is 12.7. The molecule has 0 saturated carbocycles. The third-order valence-corrected chi connectivity index (χ3v) is 5.86. The number of nitrogens with zero attached hydrogens (tertiary/aromatic N) is 4. The fourth-order valence-corrected chi connectivity index (χ4v) is 4.04. The molecule has 0 unspecified atom stereocenters. The van der Waals surface area contributed by atoms with Gasteiger partial charge in [-0.3, -0.25) is 4.79 Å². The van der Waals surface area contributed by atoms with Crippen molar-refractivity contribution in [1.82, 2.24) is 20.2 Å². The van der Waals surface area contributed by atoms with Gasteiger partial charge in [0.1, 0.15) is 0 Å². The van der Waals surface area contributed by atoms with Gasteiger partial charge in [0, 0.05) is 12.1 Å². The van der Waals surface area contributed by atoms with Crippen LogP contribution < -0.4 is 24.4 Å². The second-order valence-electron chi connectivity index (χ2n) is 7.05. The molecule has 1 heterocycles. The van der Waals surface area contributed by atoms with Crippen molar-refractivity contribution < 1.29 is 23.7 Å². The van der Waals surface area contributed by atoms with Crippen LogP contribution in [0.2, 0.25) is 0 Å². The first-order chi connectivity index (χ1) is 17.0. The zero-order chi connectivity index (χ0) is 25.2. The first-order valence-electron chi connectivity index (χ1n) is 11.0. The molecule has 11 heteroatoms. The van der Waals surface area contributed by atoms with Crippen LogP contribution >= 0.6 is 11.8 Å². The molecule has 186 valence electrons. The zero-order valence-corrected chi connectivity index (χ0v) is 21.2. The summed E-state index contributed by atoms with van der Waals surface area (Å²) < 4.78 is 23.5. The molecule has 10 nitrogen and oxygen atoms in total. The Morgan fingerprint density at radius 2 is 1.71 bits per heavy atom. The fraction of sp³-hybridized carbons (Fsp3) is 0.333. The molecule has 0 fully saturated rings. The van der Waals surface area contributed by atoms with Crippen molar-refractivity contribution in [3.05, 3.63) is 42.0 Å².